The number of hydrogen-bond acceptors (Lipinski definition) is 2. The number of rotatable bonds is 2. The van der Waals surface area contributed by atoms with E-state index in [1.807, 2.05) is 6.92 Å². The SMILES string of the molecule is C=C=C(C)S(=O)(=O)c1ccc(C)cc1. The van der Waals surface area contributed by atoms with Crippen LogP contribution in [0.25, 0.3) is 0 Å². The maximum absolute atomic E-state index is 11.7. The molecule has 0 N–H and O–H groups in total. The highest BCUT2D eigenvalue weighted by atomic mass is 32.2. The number of allylic oxidation sites excluding steroid dienone is 1. The standard InChI is InChI=1S/C11H12O2S/c1-4-10(3)14(12,13)11-7-5-9(2)6-8-11/h5-8H,1H2,2-3H3. The minimum atomic E-state index is -3.36. The van der Waals surface area contributed by atoms with E-state index in [0.717, 1.165) is 5.56 Å². The molecule has 1 rings (SSSR count). The minimum absolute atomic E-state index is 0.154. The van der Waals surface area contributed by atoms with E-state index in [-0.39, 0.29) is 9.80 Å². The molecule has 0 saturated carbocycles. The fourth-order valence-corrected chi connectivity index (χ4v) is 2.03. The fraction of sp³-hybridized carbons (Fsp3) is 0.182. The van der Waals surface area contributed by atoms with Gasteiger partial charge in [-0.2, -0.15) is 0 Å². The van der Waals surface area contributed by atoms with Crippen molar-refractivity contribution >= 4 is 9.84 Å². The van der Waals surface area contributed by atoms with Gasteiger partial charge in [0.15, 0.2) is 0 Å². The van der Waals surface area contributed by atoms with Gasteiger partial charge in [-0.15, -0.1) is 5.73 Å². The van der Waals surface area contributed by atoms with Crippen molar-refractivity contribution in [1.29, 1.82) is 0 Å². The van der Waals surface area contributed by atoms with Gasteiger partial charge in [-0.05, 0) is 26.0 Å². The van der Waals surface area contributed by atoms with Crippen molar-refractivity contribution in [2.45, 2.75) is 18.7 Å². The molecule has 0 radical (unpaired) electrons. The van der Waals surface area contributed by atoms with Gasteiger partial charge < -0.3 is 0 Å². The minimum Gasteiger partial charge on any atom is -0.218 e. The number of sulfone groups is 1. The summed E-state index contributed by atoms with van der Waals surface area (Å²) in [5.74, 6) is 0. The summed E-state index contributed by atoms with van der Waals surface area (Å²) in [6.07, 6.45) is 0. The average Bonchev–Trinajstić information content (AvgIpc) is 2.17. The highest BCUT2D eigenvalue weighted by Crippen LogP contribution is 2.17. The van der Waals surface area contributed by atoms with E-state index in [0.29, 0.717) is 0 Å². The lowest BCUT2D eigenvalue weighted by molar-refractivity contribution is 0.602. The van der Waals surface area contributed by atoms with Gasteiger partial charge in [-0.3, -0.25) is 0 Å². The lowest BCUT2D eigenvalue weighted by Gasteiger charge is -2.02. The fourth-order valence-electron chi connectivity index (χ4n) is 0.989. The number of benzene rings is 1. The van der Waals surface area contributed by atoms with Crippen LogP contribution in [0.15, 0.2) is 46.4 Å². The Labute approximate surface area is 84.5 Å². The Bertz CT molecular complexity index is 475. The van der Waals surface area contributed by atoms with Crippen LogP contribution in [0.1, 0.15) is 12.5 Å². The van der Waals surface area contributed by atoms with Crippen LogP contribution < -0.4 is 0 Å². The summed E-state index contributed by atoms with van der Waals surface area (Å²) in [6.45, 7) is 6.73. The van der Waals surface area contributed by atoms with Gasteiger partial charge in [0.2, 0.25) is 9.84 Å². The van der Waals surface area contributed by atoms with Gasteiger partial charge >= 0.3 is 0 Å². The molecule has 0 aliphatic heterocycles. The Morgan fingerprint density at radius 2 is 1.79 bits per heavy atom. The predicted molar refractivity (Wildman–Crippen MR) is 56.7 cm³/mol. The van der Waals surface area contributed by atoms with Gasteiger partial charge in [0, 0.05) is 0 Å². The first kappa shape index (κ1) is 10.8. The van der Waals surface area contributed by atoms with E-state index < -0.39 is 9.84 Å². The highest BCUT2D eigenvalue weighted by molar-refractivity contribution is 7.95. The van der Waals surface area contributed by atoms with Gasteiger partial charge in [0.05, 0.1) is 9.80 Å². The lowest BCUT2D eigenvalue weighted by atomic mass is 10.2. The van der Waals surface area contributed by atoms with Crippen molar-refractivity contribution in [1.82, 2.24) is 0 Å². The molecule has 0 fully saturated rings. The highest BCUT2D eigenvalue weighted by Gasteiger charge is 2.15. The van der Waals surface area contributed by atoms with Crippen LogP contribution in [0.2, 0.25) is 0 Å². The largest absolute Gasteiger partial charge is 0.218 e. The third-order valence-corrected chi connectivity index (χ3v) is 3.83. The molecule has 0 aliphatic carbocycles. The topological polar surface area (TPSA) is 34.1 Å². The van der Waals surface area contributed by atoms with E-state index in [1.54, 1.807) is 24.3 Å². The first-order valence-electron chi connectivity index (χ1n) is 4.17. The summed E-state index contributed by atoms with van der Waals surface area (Å²) in [5, 5.41) is 0. The molecule has 0 bridgehead atoms. The molecule has 14 heavy (non-hydrogen) atoms. The van der Waals surface area contributed by atoms with Gasteiger partial charge in [0.25, 0.3) is 0 Å². The van der Waals surface area contributed by atoms with Crippen LogP contribution >= 0.6 is 0 Å². The van der Waals surface area contributed by atoms with Crippen molar-refractivity contribution in [3.8, 4) is 0 Å². The van der Waals surface area contributed by atoms with E-state index >= 15 is 0 Å². The molecule has 1 aromatic rings. The van der Waals surface area contributed by atoms with E-state index in [9.17, 15) is 8.42 Å². The summed E-state index contributed by atoms with van der Waals surface area (Å²) in [7, 11) is -3.36. The van der Waals surface area contributed by atoms with Crippen molar-refractivity contribution in [2.24, 2.45) is 0 Å². The van der Waals surface area contributed by atoms with Gasteiger partial charge in [0.1, 0.15) is 0 Å². The van der Waals surface area contributed by atoms with E-state index in [2.05, 4.69) is 12.3 Å². The second-order valence-electron chi connectivity index (χ2n) is 3.05. The predicted octanol–water partition coefficient (Wildman–Crippen LogP) is 2.46. The molecular weight excluding hydrogens is 196 g/mol. The van der Waals surface area contributed by atoms with Crippen molar-refractivity contribution in [3.63, 3.8) is 0 Å². The summed E-state index contributed by atoms with van der Waals surface area (Å²) < 4.78 is 23.5. The zero-order valence-electron chi connectivity index (χ0n) is 8.24. The molecule has 0 spiro atoms. The normalized spacial score (nSPS) is 10.7. The van der Waals surface area contributed by atoms with Crippen molar-refractivity contribution in [3.05, 3.63) is 47.0 Å². The average molecular weight is 208 g/mol. The molecule has 2 nitrogen and oxygen atoms in total. The molecule has 0 aromatic heterocycles. The third kappa shape index (κ3) is 1.95. The molecular formula is C11H12O2S. The second kappa shape index (κ2) is 3.82. The number of hydrogen-bond donors (Lipinski definition) is 0. The van der Waals surface area contributed by atoms with Crippen molar-refractivity contribution in [2.75, 3.05) is 0 Å². The monoisotopic (exact) mass is 208 g/mol. The van der Waals surface area contributed by atoms with E-state index in [4.69, 9.17) is 0 Å². The molecule has 0 saturated heterocycles. The quantitative estimate of drug-likeness (QED) is 0.700. The van der Waals surface area contributed by atoms with Gasteiger partial charge in [-0.1, -0.05) is 24.3 Å². The molecule has 0 unspecified atom stereocenters. The summed E-state index contributed by atoms with van der Waals surface area (Å²) in [4.78, 5) is 0.443. The van der Waals surface area contributed by atoms with Crippen LogP contribution in [0.3, 0.4) is 0 Å². The maximum Gasteiger partial charge on any atom is 0.209 e. The van der Waals surface area contributed by atoms with Crippen molar-refractivity contribution < 1.29 is 8.42 Å². The first-order valence-corrected chi connectivity index (χ1v) is 5.65. The summed E-state index contributed by atoms with van der Waals surface area (Å²) in [6, 6.07) is 6.71. The molecule has 3 heteroatoms. The van der Waals surface area contributed by atoms with E-state index in [1.165, 1.54) is 6.92 Å². The lowest BCUT2D eigenvalue weighted by Crippen LogP contribution is -2.01. The Hall–Kier alpha value is -1.31. The van der Waals surface area contributed by atoms with Crippen LogP contribution in [0, 0.1) is 6.92 Å². The molecule has 0 amide bonds. The van der Waals surface area contributed by atoms with Gasteiger partial charge in [-0.25, -0.2) is 8.42 Å². The Morgan fingerprint density at radius 3 is 2.21 bits per heavy atom. The zero-order chi connectivity index (χ0) is 10.8. The molecule has 0 atom stereocenters. The maximum atomic E-state index is 11.7. The first-order chi connectivity index (χ1) is 6.48. The van der Waals surface area contributed by atoms with Crippen LogP contribution in [0.4, 0.5) is 0 Å². The molecule has 1 aromatic carbocycles. The number of aryl methyl sites for hydroxylation is 1. The Morgan fingerprint density at radius 1 is 1.29 bits per heavy atom. The summed E-state index contributed by atoms with van der Waals surface area (Å²) >= 11 is 0. The Balaban J connectivity index is 3.32. The van der Waals surface area contributed by atoms with Crippen LogP contribution in [-0.2, 0) is 9.84 Å². The third-order valence-electron chi connectivity index (χ3n) is 1.98. The molecule has 74 valence electrons. The smallest absolute Gasteiger partial charge is 0.209 e. The summed E-state index contributed by atoms with van der Waals surface area (Å²) in [5.41, 5.74) is 3.43. The second-order valence-corrected chi connectivity index (χ2v) is 5.14. The zero-order valence-corrected chi connectivity index (χ0v) is 9.06. The Kier molecular flexibility index (Phi) is 2.94. The molecule has 0 heterocycles. The van der Waals surface area contributed by atoms with Crippen LogP contribution in [0.5, 0.6) is 0 Å². The molecule has 0 aliphatic rings. The van der Waals surface area contributed by atoms with Crippen LogP contribution in [-0.4, -0.2) is 8.42 Å².